The molecule has 9 heteroatoms. The molecule has 0 saturated heterocycles. The molecule has 21 heavy (non-hydrogen) atoms. The first-order chi connectivity index (χ1) is 9.99. The van der Waals surface area contributed by atoms with Crippen molar-refractivity contribution in [1.29, 1.82) is 0 Å². The molecule has 0 aliphatic rings. The van der Waals surface area contributed by atoms with Crippen molar-refractivity contribution in [3.63, 3.8) is 0 Å². The van der Waals surface area contributed by atoms with E-state index >= 15 is 0 Å². The van der Waals surface area contributed by atoms with E-state index in [-0.39, 0.29) is 11.7 Å². The summed E-state index contributed by atoms with van der Waals surface area (Å²) < 4.78 is 1.38. The fraction of sp³-hybridized carbons (Fsp3) is 0.667. The number of aromatic carboxylic acids is 1. The number of nitrogens with zero attached hydrogens (tertiary/aromatic N) is 4. The van der Waals surface area contributed by atoms with Gasteiger partial charge in [0, 0.05) is 13.1 Å². The molecule has 0 saturated carbocycles. The average Bonchev–Trinajstić information content (AvgIpc) is 2.87. The summed E-state index contributed by atoms with van der Waals surface area (Å²) in [6.07, 6.45) is 3.28. The molecular formula is C12H22N6O3. The van der Waals surface area contributed by atoms with Gasteiger partial charge in [0.1, 0.15) is 0 Å². The highest BCUT2D eigenvalue weighted by molar-refractivity contribution is 5.84. The number of urea groups is 1. The van der Waals surface area contributed by atoms with Crippen molar-refractivity contribution in [2.75, 3.05) is 33.7 Å². The first-order valence-corrected chi connectivity index (χ1v) is 6.79. The van der Waals surface area contributed by atoms with Gasteiger partial charge >= 0.3 is 12.0 Å². The van der Waals surface area contributed by atoms with E-state index in [1.807, 2.05) is 14.1 Å². The van der Waals surface area contributed by atoms with Gasteiger partial charge in [0.2, 0.25) is 0 Å². The minimum atomic E-state index is -1.12. The van der Waals surface area contributed by atoms with Crippen LogP contribution in [0.5, 0.6) is 0 Å². The van der Waals surface area contributed by atoms with Crippen LogP contribution in [0.4, 0.5) is 4.79 Å². The number of carboxylic acid groups (broad SMARTS) is 1. The smallest absolute Gasteiger partial charge is 0.358 e. The third-order valence-electron chi connectivity index (χ3n) is 2.70. The maximum absolute atomic E-state index is 11.5. The highest BCUT2D eigenvalue weighted by Crippen LogP contribution is 1.92. The first kappa shape index (κ1) is 16.9. The molecule has 1 aromatic heterocycles. The molecule has 3 N–H and O–H groups in total. The van der Waals surface area contributed by atoms with E-state index in [0.29, 0.717) is 19.6 Å². The third-order valence-corrected chi connectivity index (χ3v) is 2.70. The van der Waals surface area contributed by atoms with Crippen molar-refractivity contribution < 1.29 is 14.7 Å². The Morgan fingerprint density at radius 3 is 2.62 bits per heavy atom. The lowest BCUT2D eigenvalue weighted by Gasteiger charge is -2.10. The van der Waals surface area contributed by atoms with Gasteiger partial charge in [-0.25, -0.2) is 14.3 Å². The second kappa shape index (κ2) is 8.90. The normalized spacial score (nSPS) is 10.6. The lowest BCUT2D eigenvalue weighted by molar-refractivity contribution is 0.0690. The number of carbonyl (C=O) groups excluding carboxylic acids is 1. The Kier molecular flexibility index (Phi) is 7.16. The summed E-state index contributed by atoms with van der Waals surface area (Å²) >= 11 is 0. The molecule has 0 aliphatic carbocycles. The summed E-state index contributed by atoms with van der Waals surface area (Å²) in [5.74, 6) is -1.12. The molecule has 9 nitrogen and oxygen atoms in total. The molecule has 1 rings (SSSR count). The van der Waals surface area contributed by atoms with E-state index in [0.717, 1.165) is 19.4 Å². The van der Waals surface area contributed by atoms with Crippen LogP contribution in [0, 0.1) is 0 Å². The molecule has 0 aliphatic heterocycles. The van der Waals surface area contributed by atoms with Gasteiger partial charge in [0.25, 0.3) is 0 Å². The van der Waals surface area contributed by atoms with Gasteiger partial charge in [-0.15, -0.1) is 5.10 Å². The van der Waals surface area contributed by atoms with Crippen LogP contribution in [0.15, 0.2) is 6.20 Å². The number of hydrogen-bond donors (Lipinski definition) is 3. The first-order valence-electron chi connectivity index (χ1n) is 6.79. The van der Waals surface area contributed by atoms with Gasteiger partial charge in [0.05, 0.1) is 12.7 Å². The quantitative estimate of drug-likeness (QED) is 0.536. The molecule has 0 unspecified atom stereocenters. The van der Waals surface area contributed by atoms with Crippen LogP contribution in [-0.4, -0.2) is 70.7 Å². The molecule has 0 atom stereocenters. The number of rotatable bonds is 9. The van der Waals surface area contributed by atoms with Crippen LogP contribution in [-0.2, 0) is 6.54 Å². The van der Waals surface area contributed by atoms with Crippen LogP contribution in [0.2, 0.25) is 0 Å². The van der Waals surface area contributed by atoms with E-state index < -0.39 is 5.97 Å². The zero-order valence-corrected chi connectivity index (χ0v) is 12.4. The average molecular weight is 298 g/mol. The van der Waals surface area contributed by atoms with Crippen molar-refractivity contribution in [2.24, 2.45) is 0 Å². The lowest BCUT2D eigenvalue weighted by atomic mass is 10.3. The zero-order chi connectivity index (χ0) is 15.7. The number of carbonyl (C=O) groups is 2. The highest BCUT2D eigenvalue weighted by Gasteiger charge is 2.07. The molecule has 1 aromatic rings. The number of carboxylic acids is 1. The molecule has 2 amide bonds. The Labute approximate surface area is 123 Å². The van der Waals surface area contributed by atoms with Gasteiger partial charge in [-0.05, 0) is 33.5 Å². The molecule has 0 bridgehead atoms. The van der Waals surface area contributed by atoms with Crippen LogP contribution in [0.1, 0.15) is 23.3 Å². The van der Waals surface area contributed by atoms with E-state index in [4.69, 9.17) is 5.11 Å². The summed E-state index contributed by atoms with van der Waals surface area (Å²) in [6, 6.07) is -0.238. The maximum atomic E-state index is 11.5. The van der Waals surface area contributed by atoms with E-state index in [2.05, 4.69) is 25.8 Å². The molecule has 0 fully saturated rings. The van der Waals surface area contributed by atoms with Gasteiger partial charge in [-0.2, -0.15) is 0 Å². The van der Waals surface area contributed by atoms with E-state index in [1.165, 1.54) is 10.9 Å². The third kappa shape index (κ3) is 7.25. The fourth-order valence-electron chi connectivity index (χ4n) is 1.61. The fourth-order valence-corrected chi connectivity index (χ4v) is 1.61. The largest absolute Gasteiger partial charge is 0.476 e. The van der Waals surface area contributed by atoms with Crippen molar-refractivity contribution >= 4 is 12.0 Å². The number of amides is 2. The second-order valence-electron chi connectivity index (χ2n) is 4.87. The Morgan fingerprint density at radius 1 is 1.29 bits per heavy atom. The van der Waals surface area contributed by atoms with Crippen LogP contribution < -0.4 is 10.6 Å². The molecule has 0 spiro atoms. The van der Waals surface area contributed by atoms with Crippen LogP contribution in [0.25, 0.3) is 0 Å². The summed E-state index contributed by atoms with van der Waals surface area (Å²) in [5, 5.41) is 21.2. The van der Waals surface area contributed by atoms with Crippen molar-refractivity contribution in [1.82, 2.24) is 30.5 Å². The Hall–Kier alpha value is -2.16. The molecule has 0 radical (unpaired) electrons. The summed E-state index contributed by atoms with van der Waals surface area (Å²) in [7, 11) is 4.03. The minimum Gasteiger partial charge on any atom is -0.476 e. The van der Waals surface area contributed by atoms with Crippen molar-refractivity contribution in [2.45, 2.75) is 19.4 Å². The van der Waals surface area contributed by atoms with Crippen molar-refractivity contribution in [3.05, 3.63) is 11.9 Å². The number of hydrogen-bond acceptors (Lipinski definition) is 5. The van der Waals surface area contributed by atoms with E-state index in [1.54, 1.807) is 0 Å². The number of unbranched alkanes of at least 4 members (excludes halogenated alkanes) is 1. The SMILES string of the molecule is CN(C)CCCCNC(=O)NCCn1cc(C(=O)O)nn1. The van der Waals surface area contributed by atoms with Gasteiger partial charge in [0.15, 0.2) is 5.69 Å². The molecule has 118 valence electrons. The topological polar surface area (TPSA) is 112 Å². The van der Waals surface area contributed by atoms with Crippen molar-refractivity contribution in [3.8, 4) is 0 Å². The van der Waals surface area contributed by atoms with Gasteiger partial charge in [-0.1, -0.05) is 5.21 Å². The summed E-state index contributed by atoms with van der Waals surface area (Å²) in [6.45, 7) is 2.36. The Morgan fingerprint density at radius 2 is 2.00 bits per heavy atom. The van der Waals surface area contributed by atoms with Crippen LogP contribution >= 0.6 is 0 Å². The maximum Gasteiger partial charge on any atom is 0.358 e. The molecule has 1 heterocycles. The standard InChI is InChI=1S/C12H22N6O3/c1-17(2)7-4-3-5-13-12(21)14-6-8-18-9-10(11(19)20)15-16-18/h9H,3-8H2,1-2H3,(H,19,20)(H2,13,14,21). The summed E-state index contributed by atoms with van der Waals surface area (Å²) in [4.78, 5) is 24.2. The lowest BCUT2D eigenvalue weighted by Crippen LogP contribution is -2.37. The molecule has 0 aromatic carbocycles. The second-order valence-corrected chi connectivity index (χ2v) is 4.87. The summed E-state index contributed by atoms with van der Waals surface area (Å²) in [5.41, 5.74) is -0.111. The highest BCUT2D eigenvalue weighted by atomic mass is 16.4. The van der Waals surface area contributed by atoms with Crippen LogP contribution in [0.3, 0.4) is 0 Å². The molecular weight excluding hydrogens is 276 g/mol. The number of nitrogens with one attached hydrogen (secondary N) is 2. The van der Waals surface area contributed by atoms with E-state index in [9.17, 15) is 9.59 Å². The predicted octanol–water partition coefficient (Wildman–Crippen LogP) is -0.383. The van der Waals surface area contributed by atoms with Gasteiger partial charge < -0.3 is 20.6 Å². The monoisotopic (exact) mass is 298 g/mol. The Bertz CT molecular complexity index is 460. The minimum absolute atomic E-state index is 0.111. The number of aromatic nitrogens is 3. The zero-order valence-electron chi connectivity index (χ0n) is 12.4. The van der Waals surface area contributed by atoms with Gasteiger partial charge in [-0.3, -0.25) is 0 Å². The predicted molar refractivity (Wildman–Crippen MR) is 76.2 cm³/mol. The Balaban J connectivity index is 2.08.